The number of nitrogens with zero attached hydrogens (tertiary/aromatic N) is 2. The minimum absolute atomic E-state index is 0.106. The Kier molecular flexibility index (Phi) is 4.24. The molecule has 1 heterocycles. The van der Waals surface area contributed by atoms with Crippen LogP contribution in [0.4, 0.5) is 10.3 Å². The minimum atomic E-state index is -0.436. The van der Waals surface area contributed by atoms with Crippen LogP contribution in [0, 0.1) is 11.2 Å². The number of benzene rings is 1. The maximum atomic E-state index is 14.4. The predicted molar refractivity (Wildman–Crippen MR) is 91.8 cm³/mol. The third kappa shape index (κ3) is 3.23. The fourth-order valence-electron chi connectivity index (χ4n) is 3.00. The molecule has 1 fully saturated rings. The molecule has 0 aliphatic heterocycles. The summed E-state index contributed by atoms with van der Waals surface area (Å²) in [5.74, 6) is 0.337. The number of ether oxygens (including phenoxy) is 1. The fraction of sp³-hybridized carbons (Fsp3) is 0.556. The van der Waals surface area contributed by atoms with Crippen molar-refractivity contribution in [3.63, 3.8) is 0 Å². The number of nitrogens with one attached hydrogen (secondary N) is 1. The van der Waals surface area contributed by atoms with Gasteiger partial charge in [-0.05, 0) is 24.7 Å². The number of aromatic nitrogens is 2. The van der Waals surface area contributed by atoms with E-state index in [2.05, 4.69) is 10.3 Å². The molecule has 3 rings (SSSR count). The third-order valence-electron chi connectivity index (χ3n) is 4.34. The molecular weight excluding hydrogens is 309 g/mol. The molecule has 6 heteroatoms. The Labute approximate surface area is 141 Å². The molecule has 0 unspecified atom stereocenters. The van der Waals surface area contributed by atoms with Gasteiger partial charge in [0.1, 0.15) is 11.3 Å². The lowest BCUT2D eigenvalue weighted by molar-refractivity contribution is -0.117. The lowest BCUT2D eigenvalue weighted by atomic mass is 9.92. The Morgan fingerprint density at radius 3 is 2.67 bits per heavy atom. The third-order valence-corrected chi connectivity index (χ3v) is 4.34. The average molecular weight is 333 g/mol. The summed E-state index contributed by atoms with van der Waals surface area (Å²) in [6.07, 6.45) is 3.53. The molecule has 5 nitrogen and oxygen atoms in total. The molecule has 24 heavy (non-hydrogen) atoms. The number of methoxy groups -OCH3 is 1. The number of rotatable bonds is 4. The van der Waals surface area contributed by atoms with E-state index in [0.29, 0.717) is 23.6 Å². The van der Waals surface area contributed by atoms with Gasteiger partial charge in [-0.1, -0.05) is 20.8 Å². The summed E-state index contributed by atoms with van der Waals surface area (Å²) in [5.41, 5.74) is 0.822. The number of halogens is 1. The lowest BCUT2D eigenvalue weighted by Crippen LogP contribution is -2.24. The summed E-state index contributed by atoms with van der Waals surface area (Å²) in [6, 6.07) is 3.34. The zero-order valence-corrected chi connectivity index (χ0v) is 14.6. The molecule has 1 amide bonds. The van der Waals surface area contributed by atoms with Crippen molar-refractivity contribution in [2.75, 3.05) is 12.4 Å². The van der Waals surface area contributed by atoms with E-state index in [9.17, 15) is 9.18 Å². The van der Waals surface area contributed by atoms with E-state index in [1.807, 2.05) is 25.3 Å². The van der Waals surface area contributed by atoms with Crippen LogP contribution in [0.15, 0.2) is 12.1 Å². The van der Waals surface area contributed by atoms with E-state index in [0.717, 1.165) is 19.3 Å². The van der Waals surface area contributed by atoms with Crippen molar-refractivity contribution in [2.24, 2.45) is 5.41 Å². The molecule has 1 N–H and O–H groups in total. The Bertz CT molecular complexity index is 773. The molecule has 0 saturated heterocycles. The van der Waals surface area contributed by atoms with Gasteiger partial charge in [-0.15, -0.1) is 0 Å². The van der Waals surface area contributed by atoms with Crippen molar-refractivity contribution >= 4 is 22.9 Å². The van der Waals surface area contributed by atoms with Crippen LogP contribution in [0.25, 0.3) is 11.0 Å². The summed E-state index contributed by atoms with van der Waals surface area (Å²) < 4.78 is 21.5. The summed E-state index contributed by atoms with van der Waals surface area (Å²) in [6.45, 7) is 6.02. The quantitative estimate of drug-likeness (QED) is 0.908. The maximum absolute atomic E-state index is 14.4. The highest BCUT2D eigenvalue weighted by molar-refractivity contribution is 5.92. The van der Waals surface area contributed by atoms with Crippen molar-refractivity contribution in [2.45, 2.75) is 52.5 Å². The predicted octanol–water partition coefficient (Wildman–Crippen LogP) is 4.28. The molecule has 1 aliphatic carbocycles. The maximum Gasteiger partial charge on any atom is 0.227 e. The Balaban J connectivity index is 2.03. The molecule has 0 bridgehead atoms. The summed E-state index contributed by atoms with van der Waals surface area (Å²) in [4.78, 5) is 16.7. The monoisotopic (exact) mass is 333 g/mol. The Morgan fingerprint density at radius 2 is 2.12 bits per heavy atom. The minimum Gasteiger partial charge on any atom is -0.497 e. The van der Waals surface area contributed by atoms with Crippen LogP contribution >= 0.6 is 0 Å². The smallest absolute Gasteiger partial charge is 0.227 e. The lowest BCUT2D eigenvalue weighted by Gasteiger charge is -2.29. The Morgan fingerprint density at radius 1 is 1.42 bits per heavy atom. The van der Waals surface area contributed by atoms with Crippen molar-refractivity contribution in [3.8, 4) is 5.75 Å². The van der Waals surface area contributed by atoms with Crippen LogP contribution in [-0.4, -0.2) is 22.6 Å². The average Bonchev–Trinajstić information content (AvgIpc) is 2.74. The first kappa shape index (κ1) is 16.7. The number of hydrogen-bond acceptors (Lipinski definition) is 3. The van der Waals surface area contributed by atoms with Gasteiger partial charge in [0.15, 0.2) is 5.82 Å². The van der Waals surface area contributed by atoms with Crippen molar-refractivity contribution in [1.82, 2.24) is 9.55 Å². The fourth-order valence-corrected chi connectivity index (χ4v) is 3.00. The van der Waals surface area contributed by atoms with E-state index in [-0.39, 0.29) is 22.9 Å². The SMILES string of the molecule is COc1cc(F)c2nc(NC(=O)CC(C)(C)C)n(C3CCC3)c2c1. The van der Waals surface area contributed by atoms with Crippen LogP contribution in [0.2, 0.25) is 0 Å². The van der Waals surface area contributed by atoms with E-state index in [4.69, 9.17) is 4.74 Å². The molecule has 1 aromatic heterocycles. The molecule has 0 radical (unpaired) electrons. The van der Waals surface area contributed by atoms with Gasteiger partial charge in [0.25, 0.3) is 0 Å². The highest BCUT2D eigenvalue weighted by Crippen LogP contribution is 2.38. The van der Waals surface area contributed by atoms with E-state index >= 15 is 0 Å². The second-order valence-corrected chi connectivity index (χ2v) is 7.65. The van der Waals surface area contributed by atoms with E-state index in [1.165, 1.54) is 13.2 Å². The number of carbonyl (C=O) groups is 1. The van der Waals surface area contributed by atoms with E-state index in [1.54, 1.807) is 6.07 Å². The van der Waals surface area contributed by atoms with E-state index < -0.39 is 5.82 Å². The number of fused-ring (bicyclic) bond motifs is 1. The first-order chi connectivity index (χ1) is 11.3. The first-order valence-corrected chi connectivity index (χ1v) is 8.34. The zero-order chi connectivity index (χ0) is 17.5. The molecule has 1 aromatic carbocycles. The first-order valence-electron chi connectivity index (χ1n) is 8.34. The highest BCUT2D eigenvalue weighted by Gasteiger charge is 2.27. The van der Waals surface area contributed by atoms with Gasteiger partial charge in [0.05, 0.1) is 12.6 Å². The van der Waals surface area contributed by atoms with Gasteiger partial charge < -0.3 is 9.30 Å². The second-order valence-electron chi connectivity index (χ2n) is 7.65. The number of carbonyl (C=O) groups excluding carboxylic acids is 1. The largest absolute Gasteiger partial charge is 0.497 e. The summed E-state index contributed by atoms with van der Waals surface area (Å²) in [7, 11) is 1.51. The molecule has 2 aromatic rings. The summed E-state index contributed by atoms with van der Waals surface area (Å²) >= 11 is 0. The number of amides is 1. The standard InChI is InChI=1S/C18H24FN3O2/c1-18(2,3)10-15(23)20-17-21-16-13(19)8-12(24-4)9-14(16)22(17)11-6-5-7-11/h8-9,11H,5-7,10H2,1-4H3,(H,20,21,23). The van der Waals surface area contributed by atoms with Crippen molar-refractivity contribution in [3.05, 3.63) is 17.9 Å². The molecular formula is C18H24FN3O2. The van der Waals surface area contributed by atoms with Gasteiger partial charge in [-0.3, -0.25) is 10.1 Å². The van der Waals surface area contributed by atoms with Crippen molar-refractivity contribution in [1.29, 1.82) is 0 Å². The van der Waals surface area contributed by atoms with Gasteiger partial charge >= 0.3 is 0 Å². The molecule has 1 saturated carbocycles. The summed E-state index contributed by atoms with van der Waals surface area (Å²) in [5, 5.41) is 2.88. The molecule has 1 aliphatic rings. The molecule has 130 valence electrons. The molecule has 0 atom stereocenters. The number of anilines is 1. The van der Waals surface area contributed by atoms with Gasteiger partial charge in [0, 0.05) is 24.6 Å². The normalized spacial score (nSPS) is 15.4. The number of imidazole rings is 1. The van der Waals surface area contributed by atoms with Gasteiger partial charge in [-0.25, -0.2) is 9.37 Å². The number of hydrogen-bond donors (Lipinski definition) is 1. The topological polar surface area (TPSA) is 56.1 Å². The van der Waals surface area contributed by atoms with Gasteiger partial charge in [-0.2, -0.15) is 0 Å². The highest BCUT2D eigenvalue weighted by atomic mass is 19.1. The Hall–Kier alpha value is -2.11. The van der Waals surface area contributed by atoms with Crippen LogP contribution in [0.3, 0.4) is 0 Å². The van der Waals surface area contributed by atoms with Crippen LogP contribution in [0.1, 0.15) is 52.5 Å². The van der Waals surface area contributed by atoms with Crippen LogP contribution in [0.5, 0.6) is 5.75 Å². The zero-order valence-electron chi connectivity index (χ0n) is 14.6. The second kappa shape index (κ2) is 6.07. The van der Waals surface area contributed by atoms with Crippen LogP contribution < -0.4 is 10.1 Å². The molecule has 0 spiro atoms. The van der Waals surface area contributed by atoms with Crippen LogP contribution in [-0.2, 0) is 4.79 Å². The van der Waals surface area contributed by atoms with Crippen molar-refractivity contribution < 1.29 is 13.9 Å². The van der Waals surface area contributed by atoms with Gasteiger partial charge in [0.2, 0.25) is 11.9 Å².